The molecule has 180 valence electrons. The summed E-state index contributed by atoms with van der Waals surface area (Å²) >= 11 is 6.65. The van der Waals surface area contributed by atoms with E-state index in [4.69, 9.17) is 22.7 Å². The predicted octanol–water partition coefficient (Wildman–Crippen LogP) is 2.48. The zero-order valence-electron chi connectivity index (χ0n) is 19.3. The van der Waals surface area contributed by atoms with E-state index in [2.05, 4.69) is 4.90 Å². The van der Waals surface area contributed by atoms with E-state index >= 15 is 0 Å². The summed E-state index contributed by atoms with van der Waals surface area (Å²) in [4.78, 5) is 42.4. The van der Waals surface area contributed by atoms with Crippen LogP contribution in [0.15, 0.2) is 34.0 Å². The Hall–Kier alpha value is -2.69. The number of thiocarbonyl (C=S) groups is 1. The predicted molar refractivity (Wildman–Crippen MR) is 140 cm³/mol. The number of aryl methyl sites for hydroxylation is 1. The van der Waals surface area contributed by atoms with Crippen molar-refractivity contribution in [3.8, 4) is 0 Å². The van der Waals surface area contributed by atoms with E-state index in [-0.39, 0.29) is 23.3 Å². The van der Waals surface area contributed by atoms with E-state index in [1.165, 1.54) is 11.8 Å². The van der Waals surface area contributed by atoms with Gasteiger partial charge in [-0.05, 0) is 31.4 Å². The zero-order valence-corrected chi connectivity index (χ0v) is 20.9. The molecule has 8 nitrogen and oxygen atoms in total. The number of para-hydroxylation sites is 1. The molecule has 0 aliphatic carbocycles. The second kappa shape index (κ2) is 10.3. The first-order valence-corrected chi connectivity index (χ1v) is 12.5. The molecule has 2 aliphatic heterocycles. The topological polar surface area (TPSA) is 97.9 Å². The average molecular weight is 501 g/mol. The van der Waals surface area contributed by atoms with Gasteiger partial charge in [0.2, 0.25) is 5.91 Å². The second-order valence-corrected chi connectivity index (χ2v) is 10.2. The van der Waals surface area contributed by atoms with Crippen LogP contribution in [0, 0.1) is 5.92 Å². The third-order valence-electron chi connectivity index (χ3n) is 6.40. The largest absolute Gasteiger partial charge is 0.385 e. The number of carbonyl (C=O) groups excluding carboxylic acids is 2. The molecule has 2 aromatic rings. The number of nitrogens with zero attached hydrogens (tertiary/aromatic N) is 3. The Morgan fingerprint density at radius 1 is 1.26 bits per heavy atom. The first-order valence-electron chi connectivity index (χ1n) is 11.2. The van der Waals surface area contributed by atoms with E-state index in [0.717, 1.165) is 16.6 Å². The average Bonchev–Trinajstić information content (AvgIpc) is 3.10. The summed E-state index contributed by atoms with van der Waals surface area (Å²) in [7, 11) is 3.36. The second-order valence-electron chi connectivity index (χ2n) is 8.49. The number of fused-ring (bicyclic) bond motifs is 1. The Labute approximate surface area is 207 Å². The highest BCUT2D eigenvalue weighted by Gasteiger charge is 2.33. The van der Waals surface area contributed by atoms with E-state index in [0.29, 0.717) is 60.3 Å². The van der Waals surface area contributed by atoms with Gasteiger partial charge in [0.15, 0.2) is 0 Å². The number of anilines is 1. The lowest BCUT2D eigenvalue weighted by Crippen LogP contribution is -2.40. The molecule has 2 amide bonds. The summed E-state index contributed by atoms with van der Waals surface area (Å²) in [5.41, 5.74) is 7.39. The highest BCUT2D eigenvalue weighted by atomic mass is 32.2. The van der Waals surface area contributed by atoms with Gasteiger partial charge in [-0.1, -0.05) is 42.2 Å². The summed E-state index contributed by atoms with van der Waals surface area (Å²) in [6.45, 7) is 2.21. The molecule has 0 atom stereocenters. The minimum Gasteiger partial charge on any atom is -0.385 e. The molecule has 2 saturated heterocycles. The standard InChI is InChI=1S/C24H28N4O4S2/c1-26-18-7-4-3-6-16(18)20(27-11-8-15(9-12-27)21(25)29)17(22(26)30)14-19-23(31)28(24(33)34-19)10-5-13-32-2/h3-4,6-7,14-15H,5,8-13H2,1-2H3,(H2,25,29). The Kier molecular flexibility index (Phi) is 7.39. The molecule has 34 heavy (non-hydrogen) atoms. The van der Waals surface area contributed by atoms with Gasteiger partial charge in [-0.3, -0.25) is 19.3 Å². The number of ether oxygens (including phenoxy) is 1. The van der Waals surface area contributed by atoms with Crippen LogP contribution in [0.3, 0.4) is 0 Å². The number of piperidine rings is 1. The number of hydrogen-bond acceptors (Lipinski definition) is 7. The SMILES string of the molecule is COCCCN1C(=O)C(=Cc2c(N3CCC(C(N)=O)CC3)c3ccccc3n(C)c2=O)SC1=S. The van der Waals surface area contributed by atoms with Gasteiger partial charge in [0, 0.05) is 51.7 Å². The first kappa shape index (κ1) is 24.4. The van der Waals surface area contributed by atoms with Crippen LogP contribution in [-0.2, 0) is 21.4 Å². The summed E-state index contributed by atoms with van der Waals surface area (Å²) in [5, 5.41) is 0.920. The van der Waals surface area contributed by atoms with Crippen molar-refractivity contribution < 1.29 is 14.3 Å². The van der Waals surface area contributed by atoms with Crippen molar-refractivity contribution in [1.82, 2.24) is 9.47 Å². The molecule has 0 saturated carbocycles. The molecule has 2 N–H and O–H groups in total. The van der Waals surface area contributed by atoms with Crippen LogP contribution in [-0.4, -0.2) is 59.0 Å². The van der Waals surface area contributed by atoms with E-state index in [1.54, 1.807) is 29.7 Å². The normalized spacial score (nSPS) is 18.5. The molecule has 0 unspecified atom stereocenters. The smallest absolute Gasteiger partial charge is 0.266 e. The third-order valence-corrected chi connectivity index (χ3v) is 7.78. The maximum Gasteiger partial charge on any atom is 0.266 e. The lowest BCUT2D eigenvalue weighted by atomic mass is 9.94. The number of methoxy groups -OCH3 is 1. The van der Waals surface area contributed by atoms with Crippen molar-refractivity contribution in [2.24, 2.45) is 18.7 Å². The van der Waals surface area contributed by atoms with Crippen molar-refractivity contribution in [2.45, 2.75) is 19.3 Å². The van der Waals surface area contributed by atoms with Gasteiger partial charge in [0.1, 0.15) is 4.32 Å². The summed E-state index contributed by atoms with van der Waals surface area (Å²) in [6, 6.07) is 7.73. The number of pyridine rings is 1. The minimum atomic E-state index is -0.286. The van der Waals surface area contributed by atoms with Crippen LogP contribution in [0.2, 0.25) is 0 Å². The third kappa shape index (κ3) is 4.62. The monoisotopic (exact) mass is 500 g/mol. The van der Waals surface area contributed by atoms with E-state index in [1.807, 2.05) is 24.3 Å². The molecule has 10 heteroatoms. The maximum atomic E-state index is 13.5. The van der Waals surface area contributed by atoms with Gasteiger partial charge >= 0.3 is 0 Å². The molecule has 2 fully saturated rings. The van der Waals surface area contributed by atoms with Gasteiger partial charge in [0.25, 0.3) is 11.5 Å². The molecule has 1 aromatic heterocycles. The number of hydrogen-bond donors (Lipinski definition) is 1. The fourth-order valence-corrected chi connectivity index (χ4v) is 5.84. The molecule has 0 bridgehead atoms. The van der Waals surface area contributed by atoms with Gasteiger partial charge < -0.3 is 19.9 Å². The number of benzene rings is 1. The van der Waals surface area contributed by atoms with Gasteiger partial charge in [-0.15, -0.1) is 0 Å². The summed E-state index contributed by atoms with van der Waals surface area (Å²) in [6.07, 6.45) is 3.60. The molecule has 1 aromatic carbocycles. The lowest BCUT2D eigenvalue weighted by Gasteiger charge is -2.34. The van der Waals surface area contributed by atoms with Gasteiger partial charge in [0.05, 0.1) is 21.7 Å². The molecule has 4 rings (SSSR count). The van der Waals surface area contributed by atoms with Crippen LogP contribution in [0.1, 0.15) is 24.8 Å². The van der Waals surface area contributed by atoms with Crippen molar-refractivity contribution in [1.29, 1.82) is 0 Å². The Balaban J connectivity index is 1.79. The zero-order chi connectivity index (χ0) is 24.4. The van der Waals surface area contributed by atoms with Crippen LogP contribution >= 0.6 is 24.0 Å². The Bertz CT molecular complexity index is 1230. The number of primary amides is 1. The van der Waals surface area contributed by atoms with E-state index in [9.17, 15) is 14.4 Å². The Morgan fingerprint density at radius 3 is 2.65 bits per heavy atom. The van der Waals surface area contributed by atoms with Crippen LogP contribution in [0.4, 0.5) is 5.69 Å². The van der Waals surface area contributed by atoms with Crippen molar-refractivity contribution in [3.05, 3.63) is 45.1 Å². The van der Waals surface area contributed by atoms with Crippen molar-refractivity contribution in [3.63, 3.8) is 0 Å². The quantitative estimate of drug-likeness (QED) is 0.354. The minimum absolute atomic E-state index is 0.166. The molecule has 3 heterocycles. The number of amides is 2. The van der Waals surface area contributed by atoms with Crippen molar-refractivity contribution >= 4 is 62.8 Å². The van der Waals surface area contributed by atoms with Crippen LogP contribution < -0.4 is 16.2 Å². The number of thioether (sulfide) groups is 1. The van der Waals surface area contributed by atoms with E-state index < -0.39 is 0 Å². The highest BCUT2D eigenvalue weighted by molar-refractivity contribution is 8.26. The fourth-order valence-electron chi connectivity index (χ4n) is 4.55. The molecule has 0 radical (unpaired) electrons. The lowest BCUT2D eigenvalue weighted by molar-refractivity contribution is -0.123. The molecular formula is C24H28N4O4S2. The number of aromatic nitrogens is 1. The van der Waals surface area contributed by atoms with Crippen molar-refractivity contribution in [2.75, 3.05) is 38.3 Å². The maximum absolute atomic E-state index is 13.5. The van der Waals surface area contributed by atoms with Crippen LogP contribution in [0.25, 0.3) is 17.0 Å². The molecule has 2 aliphatic rings. The highest BCUT2D eigenvalue weighted by Crippen LogP contribution is 2.37. The fraction of sp³-hybridized carbons (Fsp3) is 0.417. The number of nitrogens with two attached hydrogens (primary N) is 1. The first-order chi connectivity index (χ1) is 16.3. The Morgan fingerprint density at radius 2 is 1.97 bits per heavy atom. The molecule has 0 spiro atoms. The van der Waals surface area contributed by atoms with Crippen LogP contribution in [0.5, 0.6) is 0 Å². The van der Waals surface area contributed by atoms with Gasteiger partial charge in [-0.25, -0.2) is 0 Å². The number of rotatable bonds is 7. The number of carbonyl (C=O) groups is 2. The molecular weight excluding hydrogens is 472 g/mol. The summed E-state index contributed by atoms with van der Waals surface area (Å²) in [5.74, 6) is -0.647. The summed E-state index contributed by atoms with van der Waals surface area (Å²) < 4.78 is 7.18. The van der Waals surface area contributed by atoms with Gasteiger partial charge in [-0.2, -0.15) is 0 Å².